The Balaban J connectivity index is 1.50. The maximum Gasteiger partial charge on any atom is 0.251 e. The highest BCUT2D eigenvalue weighted by molar-refractivity contribution is 6.01. The van der Waals surface area contributed by atoms with Crippen LogP contribution in [-0.2, 0) is 9.53 Å². The summed E-state index contributed by atoms with van der Waals surface area (Å²) in [6, 6.07) is 3.86. The predicted molar refractivity (Wildman–Crippen MR) is 93.0 cm³/mol. The van der Waals surface area contributed by atoms with E-state index in [-0.39, 0.29) is 17.8 Å². The Morgan fingerprint density at radius 2 is 2.00 bits per heavy atom. The number of likely N-dealkylation sites (tertiary alicyclic amines) is 1. The minimum absolute atomic E-state index is 0.0990. The molecule has 5 heteroatoms. The first kappa shape index (κ1) is 16.6. The van der Waals surface area contributed by atoms with E-state index >= 15 is 0 Å². The van der Waals surface area contributed by atoms with Crippen molar-refractivity contribution in [1.82, 2.24) is 4.90 Å². The lowest BCUT2D eigenvalue weighted by molar-refractivity contribution is -0.144. The number of hydrogen-bond donors (Lipinski definition) is 0. The van der Waals surface area contributed by atoms with E-state index in [2.05, 4.69) is 0 Å². The van der Waals surface area contributed by atoms with Crippen LogP contribution in [0.2, 0.25) is 0 Å². The number of piperidine rings is 1. The van der Waals surface area contributed by atoms with E-state index in [1.807, 2.05) is 30.9 Å². The Labute approximate surface area is 148 Å². The number of rotatable bonds is 1. The monoisotopic (exact) mass is 343 g/mol. The standard InChI is InChI=1S/C20H25NO4/c1-13-5-6-15-16(22)12-20(25-18(15)14(13)2)7-9-21(10-8-20)19(23)17-4-3-11-24-17/h5-6,17H,3-4,7-12H2,1-2H3. The van der Waals surface area contributed by atoms with E-state index in [1.54, 1.807) is 0 Å². The number of fused-ring (bicyclic) bond motifs is 1. The molecule has 0 bridgehead atoms. The second-order valence-corrected chi connectivity index (χ2v) is 7.60. The molecule has 1 aromatic rings. The molecule has 2 saturated heterocycles. The van der Waals surface area contributed by atoms with Gasteiger partial charge in [0.25, 0.3) is 5.91 Å². The number of amides is 1. The number of ether oxygens (including phenoxy) is 2. The van der Waals surface area contributed by atoms with Crippen LogP contribution in [0.1, 0.15) is 53.6 Å². The van der Waals surface area contributed by atoms with Gasteiger partial charge in [0.05, 0.1) is 12.0 Å². The molecule has 2 fully saturated rings. The molecule has 25 heavy (non-hydrogen) atoms. The zero-order valence-electron chi connectivity index (χ0n) is 15.0. The molecule has 1 aromatic carbocycles. The summed E-state index contributed by atoms with van der Waals surface area (Å²) in [6.45, 7) is 5.99. The first-order valence-corrected chi connectivity index (χ1v) is 9.22. The number of benzene rings is 1. The van der Waals surface area contributed by atoms with Gasteiger partial charge in [0.1, 0.15) is 17.5 Å². The fourth-order valence-corrected chi connectivity index (χ4v) is 4.17. The van der Waals surface area contributed by atoms with E-state index in [0.29, 0.717) is 44.5 Å². The Morgan fingerprint density at radius 3 is 2.68 bits per heavy atom. The summed E-state index contributed by atoms with van der Waals surface area (Å²) in [6.07, 6.45) is 3.31. The van der Waals surface area contributed by atoms with Gasteiger partial charge in [0.15, 0.2) is 5.78 Å². The van der Waals surface area contributed by atoms with Gasteiger partial charge in [-0.05, 0) is 43.9 Å². The second-order valence-electron chi connectivity index (χ2n) is 7.60. The predicted octanol–water partition coefficient (Wildman–Crippen LogP) is 2.81. The number of hydrogen-bond acceptors (Lipinski definition) is 4. The third-order valence-corrected chi connectivity index (χ3v) is 5.97. The van der Waals surface area contributed by atoms with Crippen LogP contribution in [0.25, 0.3) is 0 Å². The Morgan fingerprint density at radius 1 is 1.24 bits per heavy atom. The van der Waals surface area contributed by atoms with E-state index < -0.39 is 5.60 Å². The summed E-state index contributed by atoms with van der Waals surface area (Å²) in [5.74, 6) is 1.00. The number of carbonyl (C=O) groups is 2. The van der Waals surface area contributed by atoms with Gasteiger partial charge >= 0.3 is 0 Å². The van der Waals surface area contributed by atoms with Crippen LogP contribution in [0.4, 0.5) is 0 Å². The molecule has 0 aromatic heterocycles. The van der Waals surface area contributed by atoms with E-state index in [4.69, 9.17) is 9.47 Å². The summed E-state index contributed by atoms with van der Waals surface area (Å²) in [5, 5.41) is 0. The van der Waals surface area contributed by atoms with E-state index in [9.17, 15) is 9.59 Å². The third kappa shape index (κ3) is 2.84. The van der Waals surface area contributed by atoms with Crippen molar-refractivity contribution in [2.45, 2.75) is 57.7 Å². The van der Waals surface area contributed by atoms with Crippen LogP contribution >= 0.6 is 0 Å². The molecule has 0 aliphatic carbocycles. The molecular weight excluding hydrogens is 318 g/mol. The van der Waals surface area contributed by atoms with Crippen LogP contribution in [-0.4, -0.2) is 48.0 Å². The van der Waals surface area contributed by atoms with Crippen molar-refractivity contribution in [3.05, 3.63) is 28.8 Å². The normalized spacial score (nSPS) is 25.0. The van der Waals surface area contributed by atoms with Gasteiger partial charge in [0.2, 0.25) is 0 Å². The Hall–Kier alpha value is -1.88. The largest absolute Gasteiger partial charge is 0.486 e. The van der Waals surface area contributed by atoms with Crippen molar-refractivity contribution < 1.29 is 19.1 Å². The number of ketones is 1. The van der Waals surface area contributed by atoms with Crippen molar-refractivity contribution in [3.8, 4) is 5.75 Å². The molecule has 0 radical (unpaired) electrons. The van der Waals surface area contributed by atoms with Crippen molar-refractivity contribution >= 4 is 11.7 Å². The first-order valence-electron chi connectivity index (χ1n) is 9.22. The first-order chi connectivity index (χ1) is 12.0. The molecule has 4 rings (SSSR count). The van der Waals surface area contributed by atoms with E-state index in [0.717, 1.165) is 29.7 Å². The SMILES string of the molecule is Cc1ccc2c(c1C)OC1(CCN(C(=O)C3CCCO3)CC1)CC2=O. The maximum atomic E-state index is 12.7. The van der Waals surface area contributed by atoms with Crippen LogP contribution in [0.15, 0.2) is 12.1 Å². The van der Waals surface area contributed by atoms with Crippen LogP contribution in [0.5, 0.6) is 5.75 Å². The fraction of sp³-hybridized carbons (Fsp3) is 0.600. The van der Waals surface area contributed by atoms with Crippen molar-refractivity contribution in [2.75, 3.05) is 19.7 Å². The van der Waals surface area contributed by atoms with Gasteiger partial charge in [0, 0.05) is 32.5 Å². The summed E-state index contributed by atoms with van der Waals surface area (Å²) in [4.78, 5) is 27.1. The number of Topliss-reactive ketones (excluding diaryl/α,β-unsaturated/α-hetero) is 1. The highest BCUT2D eigenvalue weighted by Crippen LogP contribution is 2.41. The lowest BCUT2D eigenvalue weighted by Gasteiger charge is -2.44. The fourth-order valence-electron chi connectivity index (χ4n) is 4.17. The van der Waals surface area contributed by atoms with E-state index in [1.165, 1.54) is 0 Å². The highest BCUT2D eigenvalue weighted by Gasteiger charge is 2.45. The Kier molecular flexibility index (Phi) is 4.07. The quantitative estimate of drug-likeness (QED) is 0.787. The summed E-state index contributed by atoms with van der Waals surface area (Å²) in [5.41, 5.74) is 2.42. The third-order valence-electron chi connectivity index (χ3n) is 5.97. The van der Waals surface area contributed by atoms with Gasteiger partial charge in [-0.1, -0.05) is 6.07 Å². The molecule has 0 N–H and O–H groups in total. The topological polar surface area (TPSA) is 55.8 Å². The van der Waals surface area contributed by atoms with Crippen LogP contribution in [0.3, 0.4) is 0 Å². The lowest BCUT2D eigenvalue weighted by Crippen LogP contribution is -2.53. The molecule has 1 unspecified atom stereocenters. The zero-order valence-corrected chi connectivity index (χ0v) is 15.0. The van der Waals surface area contributed by atoms with Gasteiger partial charge in [-0.15, -0.1) is 0 Å². The average molecular weight is 343 g/mol. The molecule has 1 atom stereocenters. The number of aryl methyl sites for hydroxylation is 1. The van der Waals surface area contributed by atoms with Gasteiger partial charge in [-0.3, -0.25) is 9.59 Å². The number of carbonyl (C=O) groups excluding carboxylic acids is 2. The van der Waals surface area contributed by atoms with Crippen molar-refractivity contribution in [1.29, 1.82) is 0 Å². The maximum absolute atomic E-state index is 12.7. The zero-order chi connectivity index (χ0) is 17.6. The van der Waals surface area contributed by atoms with Crippen molar-refractivity contribution in [2.24, 2.45) is 0 Å². The molecule has 0 saturated carbocycles. The molecule has 134 valence electrons. The van der Waals surface area contributed by atoms with Gasteiger partial charge < -0.3 is 14.4 Å². The number of nitrogens with zero attached hydrogens (tertiary/aromatic N) is 1. The Bertz CT molecular complexity index is 713. The average Bonchev–Trinajstić information content (AvgIpc) is 3.13. The van der Waals surface area contributed by atoms with Crippen molar-refractivity contribution in [3.63, 3.8) is 0 Å². The summed E-state index contributed by atoms with van der Waals surface area (Å²) < 4.78 is 11.9. The van der Waals surface area contributed by atoms with Gasteiger partial charge in [-0.2, -0.15) is 0 Å². The lowest BCUT2D eigenvalue weighted by atomic mass is 9.81. The minimum atomic E-state index is -0.462. The summed E-state index contributed by atoms with van der Waals surface area (Å²) in [7, 11) is 0. The molecule has 3 heterocycles. The molecular formula is C20H25NO4. The molecule has 1 spiro atoms. The van der Waals surface area contributed by atoms with Gasteiger partial charge in [-0.25, -0.2) is 0 Å². The second kappa shape index (κ2) is 6.13. The molecule has 1 amide bonds. The van der Waals surface area contributed by atoms with Crippen LogP contribution in [0, 0.1) is 13.8 Å². The molecule has 3 aliphatic heterocycles. The van der Waals surface area contributed by atoms with Crippen LogP contribution < -0.4 is 4.74 Å². The molecule has 3 aliphatic rings. The smallest absolute Gasteiger partial charge is 0.251 e. The minimum Gasteiger partial charge on any atom is -0.486 e. The summed E-state index contributed by atoms with van der Waals surface area (Å²) >= 11 is 0. The highest BCUT2D eigenvalue weighted by atomic mass is 16.5. The molecule has 5 nitrogen and oxygen atoms in total.